The van der Waals surface area contributed by atoms with E-state index in [9.17, 15) is 4.79 Å². The molecule has 0 N–H and O–H groups in total. The van der Waals surface area contributed by atoms with Crippen molar-refractivity contribution in [2.75, 3.05) is 37.0 Å². The van der Waals surface area contributed by atoms with Gasteiger partial charge in [-0.25, -0.2) is 0 Å². The Balaban J connectivity index is 1.88. The van der Waals surface area contributed by atoms with Gasteiger partial charge in [0, 0.05) is 13.1 Å². The molecule has 1 aliphatic rings. The van der Waals surface area contributed by atoms with Gasteiger partial charge in [0.15, 0.2) is 5.16 Å². The van der Waals surface area contributed by atoms with E-state index >= 15 is 0 Å². The Morgan fingerprint density at radius 2 is 1.93 bits per heavy atom. The summed E-state index contributed by atoms with van der Waals surface area (Å²) >= 11 is 1.34. The summed E-state index contributed by atoms with van der Waals surface area (Å²) in [6.07, 6.45) is 0. The van der Waals surface area contributed by atoms with Crippen LogP contribution in [0.3, 0.4) is 0 Å². The number of para-hydroxylation sites is 1. The number of thioether (sulfide) groups is 1. The van der Waals surface area contributed by atoms with Gasteiger partial charge in [0.1, 0.15) is 5.60 Å². The molecule has 1 fully saturated rings. The van der Waals surface area contributed by atoms with Crippen LogP contribution in [-0.2, 0) is 14.3 Å². The first kappa shape index (κ1) is 19.7. The van der Waals surface area contributed by atoms with E-state index in [0.717, 1.165) is 30.3 Å². The van der Waals surface area contributed by atoms with E-state index in [1.54, 1.807) is 0 Å². The maximum Gasteiger partial charge on any atom is 0.316 e. The van der Waals surface area contributed by atoms with Crippen molar-refractivity contribution in [3.8, 4) is 5.69 Å². The van der Waals surface area contributed by atoms with E-state index in [1.165, 1.54) is 11.8 Å². The number of hydrogen-bond acceptors (Lipinski definition) is 7. The zero-order valence-electron chi connectivity index (χ0n) is 16.3. The van der Waals surface area contributed by atoms with Crippen LogP contribution in [0, 0.1) is 6.92 Å². The third kappa shape index (κ3) is 5.01. The van der Waals surface area contributed by atoms with E-state index in [4.69, 9.17) is 9.47 Å². The molecular weight excluding hydrogens is 364 g/mol. The highest BCUT2D eigenvalue weighted by atomic mass is 32.2. The molecule has 1 saturated heterocycles. The summed E-state index contributed by atoms with van der Waals surface area (Å²) in [5, 5.41) is 9.46. The molecule has 8 heteroatoms. The number of benzene rings is 1. The van der Waals surface area contributed by atoms with E-state index in [1.807, 2.05) is 43.5 Å². The first-order valence-electron chi connectivity index (χ1n) is 9.04. The van der Waals surface area contributed by atoms with Crippen LogP contribution in [0.15, 0.2) is 29.4 Å². The number of nitrogens with zero attached hydrogens (tertiary/aromatic N) is 4. The summed E-state index contributed by atoms with van der Waals surface area (Å²) in [5.41, 5.74) is 1.63. The second-order valence-electron chi connectivity index (χ2n) is 7.38. The molecule has 0 saturated carbocycles. The number of aromatic nitrogens is 3. The molecule has 1 aliphatic heterocycles. The molecule has 0 spiro atoms. The number of anilines is 1. The molecular formula is C19H26N4O3S. The van der Waals surface area contributed by atoms with Gasteiger partial charge in [-0.1, -0.05) is 30.0 Å². The van der Waals surface area contributed by atoms with Crippen molar-refractivity contribution < 1.29 is 14.3 Å². The van der Waals surface area contributed by atoms with Crippen LogP contribution in [0.4, 0.5) is 5.95 Å². The molecule has 0 amide bonds. The molecule has 7 nitrogen and oxygen atoms in total. The zero-order chi connectivity index (χ0) is 19.4. The Hall–Kier alpha value is -2.06. The zero-order valence-corrected chi connectivity index (χ0v) is 17.1. The Morgan fingerprint density at radius 1 is 1.22 bits per heavy atom. The van der Waals surface area contributed by atoms with Crippen LogP contribution in [0.25, 0.3) is 5.69 Å². The topological polar surface area (TPSA) is 69.5 Å². The van der Waals surface area contributed by atoms with Crippen molar-refractivity contribution in [3.63, 3.8) is 0 Å². The highest BCUT2D eigenvalue weighted by molar-refractivity contribution is 7.99. The van der Waals surface area contributed by atoms with Crippen molar-refractivity contribution in [2.24, 2.45) is 0 Å². The normalized spacial score (nSPS) is 15.0. The Labute approximate surface area is 164 Å². The molecule has 2 heterocycles. The number of ether oxygens (including phenoxy) is 2. The minimum Gasteiger partial charge on any atom is -0.459 e. The van der Waals surface area contributed by atoms with Gasteiger partial charge in [-0.05, 0) is 39.3 Å². The Bertz CT molecular complexity index is 794. The van der Waals surface area contributed by atoms with Gasteiger partial charge in [-0.3, -0.25) is 9.36 Å². The Kier molecular flexibility index (Phi) is 6.06. The molecule has 2 aromatic rings. The summed E-state index contributed by atoms with van der Waals surface area (Å²) in [6.45, 7) is 10.5. The maximum atomic E-state index is 12.1. The highest BCUT2D eigenvalue weighted by Gasteiger charge is 2.24. The van der Waals surface area contributed by atoms with Crippen molar-refractivity contribution >= 4 is 23.7 Å². The number of carbonyl (C=O) groups is 1. The lowest BCUT2D eigenvalue weighted by Crippen LogP contribution is -2.38. The van der Waals surface area contributed by atoms with Crippen LogP contribution in [0.2, 0.25) is 0 Å². The summed E-state index contributed by atoms with van der Waals surface area (Å²) in [4.78, 5) is 14.3. The van der Waals surface area contributed by atoms with Gasteiger partial charge in [0.25, 0.3) is 0 Å². The molecule has 0 unspecified atom stereocenters. The first-order valence-corrected chi connectivity index (χ1v) is 10.0. The summed E-state index contributed by atoms with van der Waals surface area (Å²) in [7, 11) is 0. The number of esters is 1. The van der Waals surface area contributed by atoms with E-state index in [-0.39, 0.29) is 11.7 Å². The number of aryl methyl sites for hydroxylation is 1. The molecule has 146 valence electrons. The lowest BCUT2D eigenvalue weighted by atomic mass is 10.2. The molecule has 1 aromatic heterocycles. The number of hydrogen-bond donors (Lipinski definition) is 0. The molecule has 27 heavy (non-hydrogen) atoms. The van der Waals surface area contributed by atoms with Gasteiger partial charge in [-0.2, -0.15) is 0 Å². The minimum absolute atomic E-state index is 0.185. The van der Waals surface area contributed by atoms with Gasteiger partial charge in [0.2, 0.25) is 5.95 Å². The molecule has 3 rings (SSSR count). The molecule has 0 atom stereocenters. The van der Waals surface area contributed by atoms with E-state index < -0.39 is 5.60 Å². The summed E-state index contributed by atoms with van der Waals surface area (Å²) in [6, 6.07) is 8.10. The quantitative estimate of drug-likeness (QED) is 0.574. The predicted molar refractivity (Wildman–Crippen MR) is 106 cm³/mol. The van der Waals surface area contributed by atoms with Gasteiger partial charge < -0.3 is 14.4 Å². The third-order valence-electron chi connectivity index (χ3n) is 4.01. The molecule has 0 bridgehead atoms. The minimum atomic E-state index is -0.500. The van der Waals surface area contributed by atoms with Crippen LogP contribution in [-0.4, -0.2) is 58.4 Å². The lowest BCUT2D eigenvalue weighted by Gasteiger charge is -2.28. The second kappa shape index (κ2) is 8.31. The largest absolute Gasteiger partial charge is 0.459 e. The smallest absolute Gasteiger partial charge is 0.316 e. The standard InChI is InChI=1S/C19H26N4O3S/c1-14-7-5-6-8-15(14)23-17(22-9-11-25-12-10-22)20-21-18(23)27-13-16(24)26-19(2,3)4/h5-8H,9-13H2,1-4H3. The number of morpholine rings is 1. The van der Waals surface area contributed by atoms with Crippen LogP contribution in [0.1, 0.15) is 26.3 Å². The average Bonchev–Trinajstić information content (AvgIpc) is 3.03. The van der Waals surface area contributed by atoms with Crippen LogP contribution >= 0.6 is 11.8 Å². The third-order valence-corrected chi connectivity index (χ3v) is 4.91. The van der Waals surface area contributed by atoms with E-state index in [0.29, 0.717) is 18.4 Å². The number of carbonyl (C=O) groups excluding carboxylic acids is 1. The number of rotatable bonds is 5. The van der Waals surface area contributed by atoms with Crippen molar-refractivity contribution in [1.82, 2.24) is 14.8 Å². The van der Waals surface area contributed by atoms with Gasteiger partial charge in [-0.15, -0.1) is 10.2 Å². The predicted octanol–water partition coefficient (Wildman–Crippen LogP) is 2.85. The van der Waals surface area contributed by atoms with Crippen LogP contribution in [0.5, 0.6) is 0 Å². The van der Waals surface area contributed by atoms with Crippen molar-refractivity contribution in [3.05, 3.63) is 29.8 Å². The summed E-state index contributed by atoms with van der Waals surface area (Å²) in [5.74, 6) is 0.698. The maximum absolute atomic E-state index is 12.1. The fraction of sp³-hybridized carbons (Fsp3) is 0.526. The van der Waals surface area contributed by atoms with Gasteiger partial charge >= 0.3 is 5.97 Å². The SMILES string of the molecule is Cc1ccccc1-n1c(SCC(=O)OC(C)(C)C)nnc1N1CCOCC1. The highest BCUT2D eigenvalue weighted by Crippen LogP contribution is 2.29. The van der Waals surface area contributed by atoms with Crippen molar-refractivity contribution in [1.29, 1.82) is 0 Å². The molecule has 0 aliphatic carbocycles. The fourth-order valence-corrected chi connectivity index (χ4v) is 3.56. The first-order chi connectivity index (χ1) is 12.8. The summed E-state index contributed by atoms with van der Waals surface area (Å²) < 4.78 is 12.9. The second-order valence-corrected chi connectivity index (χ2v) is 8.32. The van der Waals surface area contributed by atoms with E-state index in [2.05, 4.69) is 28.1 Å². The molecule has 1 aromatic carbocycles. The Morgan fingerprint density at radius 3 is 2.59 bits per heavy atom. The fourth-order valence-electron chi connectivity index (χ4n) is 2.84. The lowest BCUT2D eigenvalue weighted by molar-refractivity contribution is -0.151. The molecule has 0 radical (unpaired) electrons. The van der Waals surface area contributed by atoms with Crippen molar-refractivity contribution in [2.45, 2.75) is 38.5 Å². The average molecular weight is 391 g/mol. The monoisotopic (exact) mass is 390 g/mol. The van der Waals surface area contributed by atoms with Gasteiger partial charge in [0.05, 0.1) is 24.7 Å². The van der Waals surface area contributed by atoms with Crippen LogP contribution < -0.4 is 4.90 Å².